The molecule has 0 radical (unpaired) electrons. The van der Waals surface area contributed by atoms with Crippen LogP contribution in [0.2, 0.25) is 0 Å². The van der Waals surface area contributed by atoms with E-state index < -0.39 is 19.3 Å². The lowest BCUT2D eigenvalue weighted by Crippen LogP contribution is -2.65. The lowest BCUT2D eigenvalue weighted by atomic mass is 9.43. The van der Waals surface area contributed by atoms with Gasteiger partial charge >= 0.3 is 7.12 Å². The van der Waals surface area contributed by atoms with Crippen LogP contribution in [0.3, 0.4) is 0 Å². The van der Waals surface area contributed by atoms with Crippen molar-refractivity contribution in [1.82, 2.24) is 5.32 Å². The van der Waals surface area contributed by atoms with Gasteiger partial charge in [-0.2, -0.15) is 0 Å². The molecule has 4 aliphatic rings. The maximum Gasteiger partial charge on any atom is 0.481 e. The summed E-state index contributed by atoms with van der Waals surface area (Å²) >= 11 is 0. The number of amides is 1. The minimum Gasteiger partial charge on any atom is -0.404 e. The molecule has 1 amide bonds. The van der Waals surface area contributed by atoms with Crippen molar-refractivity contribution in [2.24, 2.45) is 28.9 Å². The van der Waals surface area contributed by atoms with Crippen molar-refractivity contribution in [3.8, 4) is 0 Å². The molecule has 7 atom stereocenters. The highest BCUT2D eigenvalue weighted by molar-refractivity contribution is 6.47. The predicted molar refractivity (Wildman–Crippen MR) is 101 cm³/mol. The number of rotatable bonds is 6. The molecule has 0 aromatic carbocycles. The summed E-state index contributed by atoms with van der Waals surface area (Å²) in [6.45, 7) is 12.6. The molecule has 4 N–H and O–H groups in total. The summed E-state index contributed by atoms with van der Waals surface area (Å²) in [5.41, 5.74) is 5.79. The molecule has 1 heterocycles. The topological polar surface area (TPSA) is 93.8 Å². The third kappa shape index (κ3) is 3.21. The summed E-state index contributed by atoms with van der Waals surface area (Å²) in [5, 5.41) is 12.6. The van der Waals surface area contributed by atoms with Crippen LogP contribution in [-0.2, 0) is 14.1 Å². The van der Waals surface area contributed by atoms with Gasteiger partial charge in [-0.05, 0) is 56.3 Å². The molecule has 0 spiro atoms. The molecule has 7 heteroatoms. The number of aliphatic hydroxyl groups excluding tert-OH is 1. The number of nitrogens with two attached hydrogens (primary N) is 1. The van der Waals surface area contributed by atoms with Crippen LogP contribution in [0.25, 0.3) is 0 Å². The Labute approximate surface area is 157 Å². The Morgan fingerprint density at radius 3 is 2.50 bits per heavy atom. The molecule has 3 aliphatic carbocycles. The van der Waals surface area contributed by atoms with E-state index in [1.54, 1.807) is 0 Å². The number of aliphatic hydroxyl groups is 1. The minimum atomic E-state index is -0.948. The van der Waals surface area contributed by atoms with Gasteiger partial charge in [0.2, 0.25) is 5.91 Å². The maximum absolute atomic E-state index is 12.4. The fourth-order valence-corrected chi connectivity index (χ4v) is 5.32. The third-order valence-electron chi connectivity index (χ3n) is 7.17. The van der Waals surface area contributed by atoms with Crippen molar-refractivity contribution in [2.45, 2.75) is 90.6 Å². The Kier molecular flexibility index (Phi) is 5.23. The molecule has 6 nitrogen and oxygen atoms in total. The van der Waals surface area contributed by atoms with Crippen LogP contribution in [0.5, 0.6) is 0 Å². The Balaban J connectivity index is 1.74. The molecular formula is C19H35BN2O4. The Morgan fingerprint density at radius 2 is 1.96 bits per heavy atom. The van der Waals surface area contributed by atoms with Crippen molar-refractivity contribution in [3.05, 3.63) is 0 Å². The standard InChI is InChI=1S/C19H35BN2O4/c1-10(2)7-15(22-17(24)16(21)11(3)23)20-25-14-9-12-8-13(18(12,4)5)19(14,6)26-20/h10-16,23H,7-9,21H2,1-6H3,(H,22,24)/t11-,12+,13+,14-,15+,16+,19+/m1/s1. The third-order valence-corrected chi connectivity index (χ3v) is 7.17. The molecular weight excluding hydrogens is 331 g/mol. The van der Waals surface area contributed by atoms with Crippen molar-refractivity contribution >= 4 is 13.0 Å². The second kappa shape index (κ2) is 6.76. The van der Waals surface area contributed by atoms with Crippen LogP contribution in [0.1, 0.15) is 60.8 Å². The van der Waals surface area contributed by atoms with Crippen LogP contribution < -0.4 is 11.1 Å². The van der Waals surface area contributed by atoms with Crippen molar-refractivity contribution in [1.29, 1.82) is 0 Å². The first-order valence-electron chi connectivity index (χ1n) is 10.0. The van der Waals surface area contributed by atoms with Gasteiger partial charge in [0.1, 0.15) is 6.04 Å². The first-order chi connectivity index (χ1) is 12.0. The van der Waals surface area contributed by atoms with E-state index in [1.807, 2.05) is 0 Å². The van der Waals surface area contributed by atoms with Gasteiger partial charge < -0.3 is 25.5 Å². The van der Waals surface area contributed by atoms with Gasteiger partial charge in [-0.25, -0.2) is 0 Å². The molecule has 3 saturated carbocycles. The zero-order valence-corrected chi connectivity index (χ0v) is 17.0. The van der Waals surface area contributed by atoms with Gasteiger partial charge in [0.15, 0.2) is 0 Å². The average Bonchev–Trinajstić information content (AvgIpc) is 2.89. The normalized spacial score (nSPS) is 38.3. The quantitative estimate of drug-likeness (QED) is 0.620. The second-order valence-electron chi connectivity index (χ2n) is 9.85. The molecule has 1 saturated heterocycles. The van der Waals surface area contributed by atoms with Gasteiger partial charge in [0.05, 0.1) is 23.8 Å². The molecule has 4 fully saturated rings. The largest absolute Gasteiger partial charge is 0.481 e. The SMILES string of the molecule is CC(C)C[C@H](NC(=O)[C@@H](N)[C@@H](C)O)B1O[C@@H]2C[C@@H]3C[C@@H](C3(C)C)[C@]2(C)O1. The van der Waals surface area contributed by atoms with Crippen molar-refractivity contribution in [3.63, 3.8) is 0 Å². The van der Waals surface area contributed by atoms with Crippen LogP contribution in [-0.4, -0.2) is 47.9 Å². The minimum absolute atomic E-state index is 0.0845. The highest BCUT2D eigenvalue weighted by Gasteiger charge is 2.68. The van der Waals surface area contributed by atoms with Gasteiger partial charge in [0, 0.05) is 0 Å². The Hall–Kier alpha value is -0.625. The van der Waals surface area contributed by atoms with Crippen LogP contribution in [0, 0.1) is 23.2 Å². The molecule has 0 aromatic heterocycles. The lowest BCUT2D eigenvalue weighted by molar-refractivity contribution is -0.199. The van der Waals surface area contributed by atoms with E-state index in [-0.39, 0.29) is 29.0 Å². The molecule has 2 bridgehead atoms. The van der Waals surface area contributed by atoms with Gasteiger partial charge in [0.25, 0.3) is 0 Å². The van der Waals surface area contributed by atoms with E-state index >= 15 is 0 Å². The maximum atomic E-state index is 12.4. The zero-order chi connectivity index (χ0) is 19.4. The lowest BCUT2D eigenvalue weighted by Gasteiger charge is -2.64. The van der Waals surface area contributed by atoms with Crippen molar-refractivity contribution in [2.75, 3.05) is 0 Å². The fourth-order valence-electron chi connectivity index (χ4n) is 5.32. The summed E-state index contributed by atoms with van der Waals surface area (Å²) in [6, 6.07) is -0.948. The van der Waals surface area contributed by atoms with Gasteiger partial charge in [-0.15, -0.1) is 0 Å². The average molecular weight is 366 g/mol. The molecule has 1 aliphatic heterocycles. The summed E-state index contributed by atoms with van der Waals surface area (Å²) in [7, 11) is -0.465. The van der Waals surface area contributed by atoms with Crippen LogP contribution in [0.4, 0.5) is 0 Å². The number of hydrogen-bond acceptors (Lipinski definition) is 5. The highest BCUT2D eigenvalue weighted by atomic mass is 16.7. The molecule has 148 valence electrons. The Bertz CT molecular complexity index is 556. The first kappa shape index (κ1) is 20.1. The number of hydrogen-bond donors (Lipinski definition) is 3. The second-order valence-corrected chi connectivity index (χ2v) is 9.85. The van der Waals surface area contributed by atoms with Crippen molar-refractivity contribution < 1.29 is 19.2 Å². The number of carbonyl (C=O) groups is 1. The predicted octanol–water partition coefficient (Wildman–Crippen LogP) is 1.49. The van der Waals surface area contributed by atoms with Crippen LogP contribution >= 0.6 is 0 Å². The van der Waals surface area contributed by atoms with Gasteiger partial charge in [-0.1, -0.05) is 27.7 Å². The number of nitrogens with one attached hydrogen (secondary N) is 1. The molecule has 26 heavy (non-hydrogen) atoms. The molecule has 0 aromatic rings. The smallest absolute Gasteiger partial charge is 0.404 e. The Morgan fingerprint density at radius 1 is 1.31 bits per heavy atom. The number of carbonyl (C=O) groups excluding carboxylic acids is 1. The zero-order valence-electron chi connectivity index (χ0n) is 17.0. The fraction of sp³-hybridized carbons (Fsp3) is 0.947. The molecule has 0 unspecified atom stereocenters. The summed E-state index contributed by atoms with van der Waals surface area (Å²) in [6.07, 6.45) is 2.15. The highest BCUT2D eigenvalue weighted by Crippen LogP contribution is 2.65. The van der Waals surface area contributed by atoms with E-state index in [1.165, 1.54) is 13.3 Å². The van der Waals surface area contributed by atoms with E-state index in [0.29, 0.717) is 17.8 Å². The summed E-state index contributed by atoms with van der Waals surface area (Å²) < 4.78 is 12.8. The van der Waals surface area contributed by atoms with E-state index in [0.717, 1.165) is 12.8 Å². The van der Waals surface area contributed by atoms with E-state index in [2.05, 4.69) is 39.9 Å². The molecule has 4 rings (SSSR count). The van der Waals surface area contributed by atoms with E-state index in [9.17, 15) is 9.90 Å². The van der Waals surface area contributed by atoms with Crippen LogP contribution in [0.15, 0.2) is 0 Å². The monoisotopic (exact) mass is 366 g/mol. The van der Waals surface area contributed by atoms with E-state index in [4.69, 9.17) is 15.0 Å². The first-order valence-corrected chi connectivity index (χ1v) is 10.0. The summed E-state index contributed by atoms with van der Waals surface area (Å²) in [5.74, 6) is 0.918. The summed E-state index contributed by atoms with van der Waals surface area (Å²) in [4.78, 5) is 12.4. The van der Waals surface area contributed by atoms with Gasteiger partial charge in [-0.3, -0.25) is 4.79 Å².